The highest BCUT2D eigenvalue weighted by Gasteiger charge is 2.68. The van der Waals surface area contributed by atoms with Crippen LogP contribution in [0.5, 0.6) is 0 Å². The topological polar surface area (TPSA) is 80.7 Å². The molecule has 0 radical (unpaired) electrons. The highest BCUT2D eigenvalue weighted by molar-refractivity contribution is 5.90. The van der Waals surface area contributed by atoms with E-state index in [1.54, 1.807) is 0 Å². The molecule has 0 amide bonds. The average Bonchev–Trinajstić information content (AvgIpc) is 2.86. The Labute approximate surface area is 167 Å². The summed E-state index contributed by atoms with van der Waals surface area (Å²) >= 11 is 0. The van der Waals surface area contributed by atoms with Crippen LogP contribution in [0.15, 0.2) is 0 Å². The van der Waals surface area contributed by atoms with E-state index >= 15 is 0 Å². The van der Waals surface area contributed by atoms with Gasteiger partial charge in [-0.15, -0.1) is 0 Å². The highest BCUT2D eigenvalue weighted by atomic mass is 16.5. The SMILES string of the molecule is CC(=O)OC1CCC2(C)C3C(=O)CC4(C)C(CCC4(O)C(C)=O)C3CC[C@H]2C1. The van der Waals surface area contributed by atoms with E-state index in [1.807, 2.05) is 6.92 Å². The quantitative estimate of drug-likeness (QED) is 0.730. The van der Waals surface area contributed by atoms with Gasteiger partial charge in [0.2, 0.25) is 0 Å². The molecule has 0 aromatic heterocycles. The van der Waals surface area contributed by atoms with Gasteiger partial charge in [0.15, 0.2) is 5.78 Å². The highest BCUT2D eigenvalue weighted by Crippen LogP contribution is 2.67. The third-order valence-corrected chi connectivity index (χ3v) is 9.37. The van der Waals surface area contributed by atoms with E-state index in [-0.39, 0.29) is 46.8 Å². The van der Waals surface area contributed by atoms with E-state index in [1.165, 1.54) is 13.8 Å². The van der Waals surface area contributed by atoms with E-state index in [0.717, 1.165) is 38.5 Å². The van der Waals surface area contributed by atoms with E-state index in [0.29, 0.717) is 18.8 Å². The van der Waals surface area contributed by atoms with Crippen LogP contribution in [0.3, 0.4) is 0 Å². The summed E-state index contributed by atoms with van der Waals surface area (Å²) in [5.74, 6) is 0.722. The molecule has 4 rings (SSSR count). The summed E-state index contributed by atoms with van der Waals surface area (Å²) in [4.78, 5) is 37.2. The first kappa shape index (κ1) is 20.1. The largest absolute Gasteiger partial charge is 0.463 e. The molecule has 5 nitrogen and oxygen atoms in total. The summed E-state index contributed by atoms with van der Waals surface area (Å²) < 4.78 is 5.49. The maximum atomic E-state index is 13.5. The fraction of sp³-hybridized carbons (Fsp3) is 0.870. The summed E-state index contributed by atoms with van der Waals surface area (Å²) in [5, 5.41) is 11.2. The van der Waals surface area contributed by atoms with Gasteiger partial charge in [0.25, 0.3) is 0 Å². The molecular formula is C23H34O5. The number of rotatable bonds is 2. The van der Waals surface area contributed by atoms with Crippen LogP contribution in [-0.2, 0) is 19.1 Å². The Morgan fingerprint density at radius 1 is 1.07 bits per heavy atom. The lowest BCUT2D eigenvalue weighted by Crippen LogP contribution is -2.61. The van der Waals surface area contributed by atoms with Crippen molar-refractivity contribution in [2.75, 3.05) is 0 Å². The number of carbonyl (C=O) groups is 3. The lowest BCUT2D eigenvalue weighted by Gasteiger charge is -2.60. The van der Waals surface area contributed by atoms with Gasteiger partial charge >= 0.3 is 5.97 Å². The first-order chi connectivity index (χ1) is 13.0. The van der Waals surface area contributed by atoms with Crippen molar-refractivity contribution < 1.29 is 24.2 Å². The summed E-state index contributed by atoms with van der Waals surface area (Å²) in [5.41, 5.74) is -2.05. The minimum absolute atomic E-state index is 0.0110. The van der Waals surface area contributed by atoms with Gasteiger partial charge in [-0.2, -0.15) is 0 Å². The van der Waals surface area contributed by atoms with E-state index < -0.39 is 11.0 Å². The summed E-state index contributed by atoms with van der Waals surface area (Å²) in [7, 11) is 0. The molecule has 4 aliphatic rings. The monoisotopic (exact) mass is 390 g/mol. The molecule has 4 fully saturated rings. The van der Waals surface area contributed by atoms with Gasteiger partial charge in [-0.1, -0.05) is 13.8 Å². The smallest absolute Gasteiger partial charge is 0.302 e. The van der Waals surface area contributed by atoms with Gasteiger partial charge in [0, 0.05) is 24.7 Å². The molecule has 0 aliphatic heterocycles. The molecule has 4 aliphatic carbocycles. The molecule has 1 N–H and O–H groups in total. The van der Waals surface area contributed by atoms with Gasteiger partial charge in [-0.05, 0) is 75.0 Å². The van der Waals surface area contributed by atoms with Crippen molar-refractivity contribution in [2.45, 2.75) is 90.8 Å². The minimum Gasteiger partial charge on any atom is -0.463 e. The van der Waals surface area contributed by atoms with Crippen LogP contribution >= 0.6 is 0 Å². The number of esters is 1. The number of ether oxygens (including phenoxy) is 1. The number of hydrogen-bond acceptors (Lipinski definition) is 5. The molecule has 0 saturated heterocycles. The fourth-order valence-electron chi connectivity index (χ4n) is 7.96. The number of fused-ring (bicyclic) bond motifs is 5. The van der Waals surface area contributed by atoms with Crippen LogP contribution in [0, 0.1) is 34.5 Å². The molecule has 28 heavy (non-hydrogen) atoms. The molecule has 0 bridgehead atoms. The Morgan fingerprint density at radius 2 is 1.79 bits per heavy atom. The van der Waals surface area contributed by atoms with Crippen molar-refractivity contribution in [1.29, 1.82) is 0 Å². The molecule has 4 saturated carbocycles. The molecule has 7 unspecified atom stereocenters. The first-order valence-electron chi connectivity index (χ1n) is 11.0. The fourth-order valence-corrected chi connectivity index (χ4v) is 7.96. The van der Waals surface area contributed by atoms with Gasteiger partial charge in [0.1, 0.15) is 17.5 Å². The zero-order valence-corrected chi connectivity index (χ0v) is 17.6. The molecular weight excluding hydrogens is 356 g/mol. The lowest BCUT2D eigenvalue weighted by atomic mass is 9.44. The third kappa shape index (κ3) is 2.57. The summed E-state index contributed by atoms with van der Waals surface area (Å²) in [6, 6.07) is 0. The minimum atomic E-state index is -1.36. The van der Waals surface area contributed by atoms with E-state index in [2.05, 4.69) is 6.92 Å². The maximum Gasteiger partial charge on any atom is 0.302 e. The standard InChI is InChI=1S/C23H34O5/c1-13(24)23(27)10-8-18-17-6-5-15-11-16(28-14(2)25)7-9-21(15,3)20(17)19(26)12-22(18,23)4/h15-18,20,27H,5-12H2,1-4H3/t15-,16?,17?,18?,20?,21?,22?,23?/m0/s1. The third-order valence-electron chi connectivity index (χ3n) is 9.37. The van der Waals surface area contributed by atoms with Crippen molar-refractivity contribution >= 4 is 17.5 Å². The predicted molar refractivity (Wildman–Crippen MR) is 103 cm³/mol. The van der Waals surface area contributed by atoms with Crippen LogP contribution in [-0.4, -0.2) is 34.3 Å². The van der Waals surface area contributed by atoms with Gasteiger partial charge in [-0.3, -0.25) is 14.4 Å². The summed E-state index contributed by atoms with van der Waals surface area (Å²) in [6.07, 6.45) is 6.19. The Kier molecular flexibility index (Phi) is 4.57. The second kappa shape index (κ2) is 6.38. The van der Waals surface area contributed by atoms with Crippen molar-refractivity contribution in [3.8, 4) is 0 Å². The predicted octanol–water partition coefficient (Wildman–Crippen LogP) is 3.46. The number of aliphatic hydroxyl groups is 1. The van der Waals surface area contributed by atoms with Crippen LogP contribution in [0.1, 0.15) is 79.1 Å². The molecule has 0 aromatic carbocycles. The number of ketones is 2. The molecule has 8 atom stereocenters. The van der Waals surface area contributed by atoms with Crippen molar-refractivity contribution in [3.63, 3.8) is 0 Å². The maximum absolute atomic E-state index is 13.5. The van der Waals surface area contributed by atoms with E-state index in [4.69, 9.17) is 4.74 Å². The zero-order valence-electron chi connectivity index (χ0n) is 17.6. The van der Waals surface area contributed by atoms with Crippen LogP contribution < -0.4 is 0 Å². The normalized spacial score (nSPS) is 50.3. The molecule has 0 spiro atoms. The van der Waals surface area contributed by atoms with Gasteiger partial charge < -0.3 is 9.84 Å². The Hall–Kier alpha value is -1.23. The average molecular weight is 391 g/mol. The summed E-state index contributed by atoms with van der Waals surface area (Å²) in [6.45, 7) is 7.18. The van der Waals surface area contributed by atoms with Crippen LogP contribution in [0.25, 0.3) is 0 Å². The first-order valence-corrected chi connectivity index (χ1v) is 11.0. The molecule has 5 heteroatoms. The van der Waals surface area contributed by atoms with Gasteiger partial charge in [0.05, 0.1) is 0 Å². The second-order valence-electron chi connectivity index (χ2n) is 10.5. The lowest BCUT2D eigenvalue weighted by molar-refractivity contribution is -0.181. The van der Waals surface area contributed by atoms with Crippen LogP contribution in [0.2, 0.25) is 0 Å². The Bertz CT molecular complexity index is 716. The Balaban J connectivity index is 1.63. The zero-order chi connectivity index (χ0) is 20.5. The van der Waals surface area contributed by atoms with Crippen molar-refractivity contribution in [2.24, 2.45) is 34.5 Å². The molecule has 0 heterocycles. The van der Waals surface area contributed by atoms with Crippen molar-refractivity contribution in [3.05, 3.63) is 0 Å². The molecule has 0 aromatic rings. The number of carbonyl (C=O) groups excluding carboxylic acids is 3. The van der Waals surface area contributed by atoms with E-state index in [9.17, 15) is 19.5 Å². The number of hydrogen-bond donors (Lipinski definition) is 1. The second-order valence-corrected chi connectivity index (χ2v) is 10.5. The Morgan fingerprint density at radius 3 is 2.43 bits per heavy atom. The van der Waals surface area contributed by atoms with Gasteiger partial charge in [-0.25, -0.2) is 0 Å². The molecule has 156 valence electrons. The van der Waals surface area contributed by atoms with Crippen molar-refractivity contribution in [1.82, 2.24) is 0 Å². The van der Waals surface area contributed by atoms with Crippen LogP contribution in [0.4, 0.5) is 0 Å². The number of Topliss-reactive ketones (excluding diaryl/α,β-unsaturated/α-hetero) is 2.